The number of nitrogens with two attached hydrogens (primary N) is 1. The van der Waals surface area contributed by atoms with Gasteiger partial charge in [0.1, 0.15) is 0 Å². The molecule has 0 heterocycles. The summed E-state index contributed by atoms with van der Waals surface area (Å²) >= 11 is 0. The van der Waals surface area contributed by atoms with E-state index in [9.17, 15) is 0 Å². The van der Waals surface area contributed by atoms with Crippen molar-refractivity contribution in [2.45, 2.75) is 51.9 Å². The molecule has 0 aromatic heterocycles. The van der Waals surface area contributed by atoms with Crippen molar-refractivity contribution in [1.82, 2.24) is 0 Å². The lowest BCUT2D eigenvalue weighted by atomic mass is 9.81. The zero-order chi connectivity index (χ0) is 8.81. The average molecular weight is 169 g/mol. The van der Waals surface area contributed by atoms with Gasteiger partial charge in [0.05, 0.1) is 0 Å². The molecule has 72 valence electrons. The van der Waals surface area contributed by atoms with Gasteiger partial charge < -0.3 is 5.73 Å². The predicted molar refractivity (Wildman–Crippen MR) is 54.0 cm³/mol. The summed E-state index contributed by atoms with van der Waals surface area (Å²) in [5.41, 5.74) is 5.47. The molecule has 1 aliphatic carbocycles. The van der Waals surface area contributed by atoms with Crippen molar-refractivity contribution in [3.8, 4) is 0 Å². The highest BCUT2D eigenvalue weighted by Gasteiger charge is 2.17. The van der Waals surface area contributed by atoms with E-state index in [1.54, 1.807) is 0 Å². The second kappa shape index (κ2) is 5.58. The summed E-state index contributed by atoms with van der Waals surface area (Å²) in [6.07, 6.45) is 9.91. The summed E-state index contributed by atoms with van der Waals surface area (Å²) < 4.78 is 0. The molecular formula is C11H23N. The van der Waals surface area contributed by atoms with Crippen molar-refractivity contribution >= 4 is 0 Å². The van der Waals surface area contributed by atoms with Crippen LogP contribution in [-0.2, 0) is 0 Å². The molecule has 1 rings (SSSR count). The van der Waals surface area contributed by atoms with Gasteiger partial charge in [-0.3, -0.25) is 0 Å². The molecule has 1 heteroatoms. The SMILES string of the molecule is CC1CCC(CCCCN)CC1. The van der Waals surface area contributed by atoms with Crippen molar-refractivity contribution in [2.75, 3.05) is 6.54 Å². The molecule has 0 atom stereocenters. The van der Waals surface area contributed by atoms with Crippen LogP contribution in [0.5, 0.6) is 0 Å². The zero-order valence-electron chi connectivity index (χ0n) is 8.39. The van der Waals surface area contributed by atoms with Crippen molar-refractivity contribution in [2.24, 2.45) is 17.6 Å². The zero-order valence-corrected chi connectivity index (χ0v) is 8.39. The van der Waals surface area contributed by atoms with Gasteiger partial charge in [0.2, 0.25) is 0 Å². The Labute approximate surface area is 76.7 Å². The molecule has 1 aliphatic rings. The fraction of sp³-hybridized carbons (Fsp3) is 1.00. The van der Waals surface area contributed by atoms with Gasteiger partial charge in [0.25, 0.3) is 0 Å². The van der Waals surface area contributed by atoms with Crippen LogP contribution in [0, 0.1) is 11.8 Å². The Bertz CT molecular complexity index is 104. The molecule has 1 fully saturated rings. The standard InChI is InChI=1S/C11H23N/c1-10-5-7-11(8-6-10)4-2-3-9-12/h10-11H,2-9,12H2,1H3. The monoisotopic (exact) mass is 169 g/mol. The number of unbranched alkanes of at least 4 members (excludes halogenated alkanes) is 1. The third kappa shape index (κ3) is 3.57. The maximum Gasteiger partial charge on any atom is -0.00773 e. The molecular weight excluding hydrogens is 146 g/mol. The normalized spacial score (nSPS) is 30.5. The molecule has 2 N–H and O–H groups in total. The molecule has 0 amide bonds. The molecule has 12 heavy (non-hydrogen) atoms. The molecule has 0 saturated heterocycles. The number of hydrogen-bond acceptors (Lipinski definition) is 1. The molecule has 0 radical (unpaired) electrons. The lowest BCUT2D eigenvalue weighted by Crippen LogP contribution is -2.12. The van der Waals surface area contributed by atoms with Crippen molar-refractivity contribution in [3.63, 3.8) is 0 Å². The lowest BCUT2D eigenvalue weighted by molar-refractivity contribution is 0.272. The number of hydrogen-bond donors (Lipinski definition) is 1. The van der Waals surface area contributed by atoms with Crippen molar-refractivity contribution in [3.05, 3.63) is 0 Å². The molecule has 0 aromatic rings. The molecule has 0 aliphatic heterocycles. The Morgan fingerprint density at radius 1 is 1.08 bits per heavy atom. The average Bonchev–Trinajstić information content (AvgIpc) is 2.09. The van der Waals surface area contributed by atoms with Crippen LogP contribution in [0.15, 0.2) is 0 Å². The van der Waals surface area contributed by atoms with E-state index >= 15 is 0 Å². The largest absolute Gasteiger partial charge is 0.330 e. The fourth-order valence-corrected chi connectivity index (χ4v) is 2.20. The van der Waals surface area contributed by atoms with Crippen LogP contribution in [0.3, 0.4) is 0 Å². The molecule has 0 spiro atoms. The van der Waals surface area contributed by atoms with E-state index in [1.807, 2.05) is 0 Å². The van der Waals surface area contributed by atoms with E-state index in [4.69, 9.17) is 5.73 Å². The highest BCUT2D eigenvalue weighted by Crippen LogP contribution is 2.31. The summed E-state index contributed by atoms with van der Waals surface area (Å²) in [5, 5.41) is 0. The van der Waals surface area contributed by atoms with Crippen LogP contribution in [0.25, 0.3) is 0 Å². The third-order valence-electron chi connectivity index (χ3n) is 3.20. The van der Waals surface area contributed by atoms with Gasteiger partial charge in [-0.15, -0.1) is 0 Å². The first kappa shape index (κ1) is 10.0. The lowest BCUT2D eigenvalue weighted by Gasteiger charge is -2.25. The minimum absolute atomic E-state index is 0.878. The van der Waals surface area contributed by atoms with E-state index in [0.717, 1.165) is 18.4 Å². The van der Waals surface area contributed by atoms with E-state index in [0.29, 0.717) is 0 Å². The molecule has 0 unspecified atom stereocenters. The highest BCUT2D eigenvalue weighted by molar-refractivity contribution is 4.69. The summed E-state index contributed by atoms with van der Waals surface area (Å²) in [6.45, 7) is 3.26. The van der Waals surface area contributed by atoms with E-state index in [1.165, 1.54) is 44.9 Å². The van der Waals surface area contributed by atoms with E-state index in [2.05, 4.69) is 6.92 Å². The second-order valence-corrected chi connectivity index (χ2v) is 4.41. The smallest absolute Gasteiger partial charge is 0.00773 e. The summed E-state index contributed by atoms with van der Waals surface area (Å²) in [7, 11) is 0. The summed E-state index contributed by atoms with van der Waals surface area (Å²) in [5.74, 6) is 2.03. The fourth-order valence-electron chi connectivity index (χ4n) is 2.20. The van der Waals surface area contributed by atoms with E-state index < -0.39 is 0 Å². The minimum atomic E-state index is 0.878. The third-order valence-corrected chi connectivity index (χ3v) is 3.20. The van der Waals surface area contributed by atoms with Crippen LogP contribution in [-0.4, -0.2) is 6.54 Å². The minimum Gasteiger partial charge on any atom is -0.330 e. The molecule has 0 bridgehead atoms. The highest BCUT2D eigenvalue weighted by atomic mass is 14.5. The van der Waals surface area contributed by atoms with Gasteiger partial charge in [-0.25, -0.2) is 0 Å². The Balaban J connectivity index is 2.01. The van der Waals surface area contributed by atoms with Gasteiger partial charge in [0.15, 0.2) is 0 Å². The van der Waals surface area contributed by atoms with Crippen LogP contribution in [0.1, 0.15) is 51.9 Å². The van der Waals surface area contributed by atoms with Crippen LogP contribution in [0.4, 0.5) is 0 Å². The molecule has 1 nitrogen and oxygen atoms in total. The second-order valence-electron chi connectivity index (χ2n) is 4.41. The summed E-state index contributed by atoms with van der Waals surface area (Å²) in [4.78, 5) is 0. The maximum absolute atomic E-state index is 5.47. The quantitative estimate of drug-likeness (QED) is 0.643. The van der Waals surface area contributed by atoms with Gasteiger partial charge in [-0.05, 0) is 24.8 Å². The molecule has 0 aromatic carbocycles. The predicted octanol–water partition coefficient (Wildman–Crippen LogP) is 2.94. The van der Waals surface area contributed by atoms with Crippen molar-refractivity contribution < 1.29 is 0 Å². The van der Waals surface area contributed by atoms with Crippen LogP contribution >= 0.6 is 0 Å². The van der Waals surface area contributed by atoms with Gasteiger partial charge in [-0.1, -0.05) is 45.4 Å². The summed E-state index contributed by atoms with van der Waals surface area (Å²) in [6, 6.07) is 0. The Kier molecular flexibility index (Phi) is 4.67. The Hall–Kier alpha value is -0.0400. The first-order valence-corrected chi connectivity index (χ1v) is 5.53. The van der Waals surface area contributed by atoms with Gasteiger partial charge in [0, 0.05) is 0 Å². The van der Waals surface area contributed by atoms with E-state index in [-0.39, 0.29) is 0 Å². The number of rotatable bonds is 4. The first-order valence-electron chi connectivity index (χ1n) is 5.53. The topological polar surface area (TPSA) is 26.0 Å². The first-order chi connectivity index (χ1) is 5.83. The maximum atomic E-state index is 5.47. The Morgan fingerprint density at radius 3 is 2.33 bits per heavy atom. The molecule has 1 saturated carbocycles. The van der Waals surface area contributed by atoms with Crippen LogP contribution < -0.4 is 5.73 Å². The van der Waals surface area contributed by atoms with Crippen LogP contribution in [0.2, 0.25) is 0 Å². The van der Waals surface area contributed by atoms with Gasteiger partial charge in [-0.2, -0.15) is 0 Å². The Morgan fingerprint density at radius 2 is 1.75 bits per heavy atom. The van der Waals surface area contributed by atoms with Gasteiger partial charge >= 0.3 is 0 Å². The van der Waals surface area contributed by atoms with Crippen molar-refractivity contribution in [1.29, 1.82) is 0 Å².